The minimum Gasteiger partial charge on any atom is -0.768 e. The van der Waals surface area contributed by atoms with Gasteiger partial charge in [-0.3, -0.25) is 9.00 Å². The van der Waals surface area contributed by atoms with Gasteiger partial charge in [-0.25, -0.2) is 0 Å². The van der Waals surface area contributed by atoms with E-state index in [9.17, 15) is 13.6 Å². The molecule has 0 fully saturated rings. The van der Waals surface area contributed by atoms with Gasteiger partial charge in [0.05, 0.1) is 4.21 Å². The van der Waals surface area contributed by atoms with E-state index in [0.29, 0.717) is 29.5 Å². The monoisotopic (exact) mass is 297 g/mol. The van der Waals surface area contributed by atoms with Crippen molar-refractivity contribution >= 4 is 28.3 Å². The predicted octanol–water partition coefficient (Wildman–Crippen LogP) is -1.31. The molecule has 4 nitrogen and oxygen atoms in total. The van der Waals surface area contributed by atoms with Gasteiger partial charge in [0.1, 0.15) is 0 Å². The SMILES string of the molecule is CC(C)CC(=O)NCCc1ccc(S(=O)[O-])s1.[Na+]. The average molecular weight is 297 g/mol. The summed E-state index contributed by atoms with van der Waals surface area (Å²) in [4.78, 5) is 12.3. The second-order valence-electron chi connectivity index (χ2n) is 4.15. The van der Waals surface area contributed by atoms with E-state index in [2.05, 4.69) is 5.32 Å². The quantitative estimate of drug-likeness (QED) is 0.524. The van der Waals surface area contributed by atoms with E-state index in [4.69, 9.17) is 0 Å². The molecule has 1 unspecified atom stereocenters. The fourth-order valence-corrected chi connectivity index (χ4v) is 2.86. The Balaban J connectivity index is 0.00000289. The third-order valence-corrected chi connectivity index (χ3v) is 4.15. The van der Waals surface area contributed by atoms with E-state index in [0.717, 1.165) is 4.88 Å². The Kier molecular flexibility index (Phi) is 9.37. The van der Waals surface area contributed by atoms with Gasteiger partial charge in [-0.15, -0.1) is 11.3 Å². The number of carbonyl (C=O) groups is 1. The molecule has 18 heavy (non-hydrogen) atoms. The van der Waals surface area contributed by atoms with Crippen LogP contribution in [-0.2, 0) is 22.3 Å². The van der Waals surface area contributed by atoms with Crippen LogP contribution in [0.4, 0.5) is 0 Å². The fourth-order valence-electron chi connectivity index (χ4n) is 1.35. The maximum Gasteiger partial charge on any atom is 1.00 e. The number of rotatable bonds is 6. The van der Waals surface area contributed by atoms with Gasteiger partial charge in [-0.05, 0) is 35.6 Å². The molecule has 0 radical (unpaired) electrons. The zero-order chi connectivity index (χ0) is 12.8. The molecule has 1 N–H and O–H groups in total. The molecule has 1 aromatic heterocycles. The molecule has 0 spiro atoms. The van der Waals surface area contributed by atoms with Crippen LogP contribution in [-0.4, -0.2) is 21.2 Å². The van der Waals surface area contributed by atoms with Crippen LogP contribution in [0, 0.1) is 5.92 Å². The van der Waals surface area contributed by atoms with E-state index in [1.807, 2.05) is 13.8 Å². The van der Waals surface area contributed by atoms with Gasteiger partial charge in [-0.1, -0.05) is 13.8 Å². The van der Waals surface area contributed by atoms with E-state index < -0.39 is 11.1 Å². The summed E-state index contributed by atoms with van der Waals surface area (Å²) in [5.41, 5.74) is 0. The van der Waals surface area contributed by atoms with Gasteiger partial charge in [0, 0.05) is 17.8 Å². The molecule has 0 aliphatic rings. The van der Waals surface area contributed by atoms with Crippen LogP contribution in [0.15, 0.2) is 16.3 Å². The molecular formula is C11H16NNaO3S2. The molecule has 0 aliphatic carbocycles. The number of carbonyl (C=O) groups excluding carboxylic acids is 1. The zero-order valence-corrected chi connectivity index (χ0v) is 14.5. The standard InChI is InChI=1S/C11H17NO3S2.Na/c1-8(2)7-10(13)12-6-5-9-3-4-11(16-9)17(14)15;/h3-4,8H,5-7H2,1-2H3,(H,12,13)(H,14,15);/q;+1/p-1. The third kappa shape index (κ3) is 7.01. The summed E-state index contributed by atoms with van der Waals surface area (Å²) in [6.45, 7) is 4.54. The first kappa shape index (κ1) is 18.3. The Morgan fingerprint density at radius 2 is 2.17 bits per heavy atom. The minimum atomic E-state index is -2.15. The summed E-state index contributed by atoms with van der Waals surface area (Å²) in [7, 11) is 0. The van der Waals surface area contributed by atoms with Gasteiger partial charge < -0.3 is 9.87 Å². The van der Waals surface area contributed by atoms with Crippen LogP contribution in [0.25, 0.3) is 0 Å². The molecule has 0 bridgehead atoms. The van der Waals surface area contributed by atoms with Crippen molar-refractivity contribution in [2.45, 2.75) is 30.9 Å². The van der Waals surface area contributed by atoms with E-state index in [1.54, 1.807) is 12.1 Å². The van der Waals surface area contributed by atoms with Gasteiger partial charge in [0.15, 0.2) is 0 Å². The van der Waals surface area contributed by atoms with Gasteiger partial charge in [-0.2, -0.15) is 0 Å². The van der Waals surface area contributed by atoms with Crippen molar-refractivity contribution in [1.29, 1.82) is 0 Å². The maximum atomic E-state index is 11.4. The Labute approximate surface area is 136 Å². The number of nitrogens with one attached hydrogen (secondary N) is 1. The van der Waals surface area contributed by atoms with E-state index >= 15 is 0 Å². The summed E-state index contributed by atoms with van der Waals surface area (Å²) in [5.74, 6) is 0.399. The predicted molar refractivity (Wildman–Crippen MR) is 67.7 cm³/mol. The summed E-state index contributed by atoms with van der Waals surface area (Å²) >= 11 is -0.906. The van der Waals surface area contributed by atoms with Gasteiger partial charge >= 0.3 is 29.6 Å². The van der Waals surface area contributed by atoms with Gasteiger partial charge in [0.25, 0.3) is 0 Å². The van der Waals surface area contributed by atoms with Crippen LogP contribution >= 0.6 is 11.3 Å². The normalized spacial score (nSPS) is 12.0. The third-order valence-electron chi connectivity index (χ3n) is 2.09. The minimum absolute atomic E-state index is 0. The molecular weight excluding hydrogens is 281 g/mol. The largest absolute Gasteiger partial charge is 1.00 e. The Hall–Kier alpha value is 0.280. The van der Waals surface area contributed by atoms with Crippen LogP contribution < -0.4 is 34.9 Å². The van der Waals surface area contributed by atoms with Crippen LogP contribution in [0.2, 0.25) is 0 Å². The van der Waals surface area contributed by atoms with E-state index in [-0.39, 0.29) is 35.5 Å². The topological polar surface area (TPSA) is 69.2 Å². The number of amides is 1. The molecule has 7 heteroatoms. The Morgan fingerprint density at radius 1 is 1.50 bits per heavy atom. The molecule has 1 rings (SSSR count). The molecule has 96 valence electrons. The van der Waals surface area contributed by atoms with Crippen molar-refractivity contribution in [3.8, 4) is 0 Å². The Morgan fingerprint density at radius 3 is 2.67 bits per heavy atom. The fraction of sp³-hybridized carbons (Fsp3) is 0.545. The summed E-state index contributed by atoms with van der Waals surface area (Å²) in [6, 6.07) is 3.36. The van der Waals surface area contributed by atoms with Crippen LogP contribution in [0.3, 0.4) is 0 Å². The van der Waals surface area contributed by atoms with Crippen molar-refractivity contribution in [3.05, 3.63) is 17.0 Å². The summed E-state index contributed by atoms with van der Waals surface area (Å²) in [5, 5.41) is 2.81. The molecule has 1 heterocycles. The summed E-state index contributed by atoms with van der Waals surface area (Å²) < 4.78 is 21.7. The first-order valence-electron chi connectivity index (χ1n) is 5.43. The Bertz CT molecular complexity index is 407. The summed E-state index contributed by atoms with van der Waals surface area (Å²) in [6.07, 6.45) is 1.20. The first-order valence-corrected chi connectivity index (χ1v) is 7.33. The van der Waals surface area contributed by atoms with Gasteiger partial charge in [0.2, 0.25) is 5.91 Å². The second kappa shape index (κ2) is 9.23. The van der Waals surface area contributed by atoms with Crippen molar-refractivity contribution in [3.63, 3.8) is 0 Å². The smallest absolute Gasteiger partial charge is 0.768 e. The first-order chi connectivity index (χ1) is 7.99. The van der Waals surface area contributed by atoms with E-state index in [1.165, 1.54) is 11.3 Å². The van der Waals surface area contributed by atoms with Crippen molar-refractivity contribution in [2.75, 3.05) is 6.54 Å². The average Bonchev–Trinajstić information content (AvgIpc) is 2.65. The molecule has 0 saturated heterocycles. The maximum absolute atomic E-state index is 11.4. The molecule has 0 aromatic carbocycles. The molecule has 1 aromatic rings. The number of thiophene rings is 1. The molecule has 0 saturated carbocycles. The molecule has 1 amide bonds. The second-order valence-corrected chi connectivity index (χ2v) is 6.49. The molecule has 0 aliphatic heterocycles. The number of hydrogen-bond donors (Lipinski definition) is 1. The van der Waals surface area contributed by atoms with Crippen molar-refractivity contribution < 1.29 is 43.1 Å². The van der Waals surface area contributed by atoms with Crippen molar-refractivity contribution in [2.24, 2.45) is 5.92 Å². The number of hydrogen-bond acceptors (Lipinski definition) is 4. The van der Waals surface area contributed by atoms with Crippen molar-refractivity contribution in [1.82, 2.24) is 5.32 Å². The van der Waals surface area contributed by atoms with Crippen LogP contribution in [0.1, 0.15) is 25.1 Å². The zero-order valence-electron chi connectivity index (χ0n) is 10.9. The van der Waals surface area contributed by atoms with Crippen LogP contribution in [0.5, 0.6) is 0 Å². The molecule has 1 atom stereocenters.